The first-order valence-corrected chi connectivity index (χ1v) is 6.03. The van der Waals surface area contributed by atoms with Crippen LogP contribution in [-0.4, -0.2) is 6.61 Å². The fourth-order valence-corrected chi connectivity index (χ4v) is 1.25. The number of para-hydroxylation sites is 1. The Bertz CT molecular complexity index is 243. The van der Waals surface area contributed by atoms with E-state index in [1.54, 1.807) is 0 Å². The molecule has 0 spiro atoms. The van der Waals surface area contributed by atoms with Gasteiger partial charge in [-0.15, -0.1) is 0 Å². The van der Waals surface area contributed by atoms with Crippen molar-refractivity contribution < 1.29 is 4.74 Å². The minimum atomic E-state index is 0.846. The summed E-state index contributed by atoms with van der Waals surface area (Å²) in [5, 5.41) is 0. The Kier molecular flexibility index (Phi) is 8.95. The van der Waals surface area contributed by atoms with E-state index in [1.165, 1.54) is 18.4 Å². The van der Waals surface area contributed by atoms with Gasteiger partial charge in [-0.1, -0.05) is 51.8 Å². The van der Waals surface area contributed by atoms with Crippen molar-refractivity contribution in [1.82, 2.24) is 0 Å². The van der Waals surface area contributed by atoms with Gasteiger partial charge in [0.2, 0.25) is 0 Å². The molecule has 0 aliphatic carbocycles. The third kappa shape index (κ3) is 6.16. The summed E-state index contributed by atoms with van der Waals surface area (Å²) in [5.74, 6) is 1.03. The van der Waals surface area contributed by atoms with Gasteiger partial charge in [0.05, 0.1) is 6.61 Å². The lowest BCUT2D eigenvalue weighted by Gasteiger charge is -2.07. The number of hydrogen-bond acceptors (Lipinski definition) is 1. The lowest BCUT2D eigenvalue weighted by atomic mass is 10.2. The molecule has 1 aromatic rings. The van der Waals surface area contributed by atoms with Crippen molar-refractivity contribution in [1.29, 1.82) is 0 Å². The van der Waals surface area contributed by atoms with Gasteiger partial charge in [0.1, 0.15) is 5.75 Å². The molecule has 0 saturated heterocycles. The van der Waals surface area contributed by atoms with E-state index in [4.69, 9.17) is 4.74 Å². The van der Waals surface area contributed by atoms with Crippen molar-refractivity contribution in [3.8, 4) is 5.75 Å². The maximum Gasteiger partial charge on any atom is 0.122 e. The summed E-state index contributed by atoms with van der Waals surface area (Å²) in [6.07, 6.45) is 3.66. The van der Waals surface area contributed by atoms with Gasteiger partial charge in [-0.2, -0.15) is 0 Å². The lowest BCUT2D eigenvalue weighted by Crippen LogP contribution is -1.98. The van der Waals surface area contributed by atoms with Crippen molar-refractivity contribution in [2.24, 2.45) is 0 Å². The van der Waals surface area contributed by atoms with Crippen LogP contribution in [0.3, 0.4) is 0 Å². The Morgan fingerprint density at radius 3 is 2.33 bits per heavy atom. The smallest absolute Gasteiger partial charge is 0.122 e. The van der Waals surface area contributed by atoms with E-state index in [0.29, 0.717) is 0 Å². The molecule has 0 saturated carbocycles. The molecule has 0 unspecified atom stereocenters. The average Bonchev–Trinajstić information content (AvgIpc) is 2.29. The molecular weight excluding hydrogens is 184 g/mol. The maximum atomic E-state index is 5.64. The van der Waals surface area contributed by atoms with E-state index in [1.807, 2.05) is 32.0 Å². The molecule has 0 atom stereocenters. The highest BCUT2D eigenvalue weighted by molar-refractivity contribution is 5.31. The van der Waals surface area contributed by atoms with E-state index in [-0.39, 0.29) is 0 Å². The van der Waals surface area contributed by atoms with Crippen LogP contribution in [0.2, 0.25) is 0 Å². The summed E-state index contributed by atoms with van der Waals surface area (Å²) in [5.41, 5.74) is 1.22. The van der Waals surface area contributed by atoms with E-state index in [0.717, 1.165) is 18.8 Å². The lowest BCUT2D eigenvalue weighted by molar-refractivity contribution is 0.304. The Morgan fingerprint density at radius 1 is 1.07 bits per heavy atom. The topological polar surface area (TPSA) is 9.23 Å². The van der Waals surface area contributed by atoms with Gasteiger partial charge in [-0.3, -0.25) is 0 Å². The second-order valence-corrected chi connectivity index (χ2v) is 3.32. The minimum Gasteiger partial charge on any atom is -0.493 e. The van der Waals surface area contributed by atoms with Crippen molar-refractivity contribution in [3.63, 3.8) is 0 Å². The normalized spacial score (nSPS) is 9.07. The first-order chi connectivity index (χ1) is 7.34. The van der Waals surface area contributed by atoms with Crippen molar-refractivity contribution >= 4 is 0 Å². The van der Waals surface area contributed by atoms with Crippen LogP contribution >= 0.6 is 0 Å². The molecule has 1 heteroatoms. The molecule has 1 rings (SSSR count). The van der Waals surface area contributed by atoms with Crippen LogP contribution in [0, 0.1) is 6.92 Å². The Hall–Kier alpha value is -0.980. The van der Waals surface area contributed by atoms with Crippen LogP contribution in [0.4, 0.5) is 0 Å². The number of benzene rings is 1. The highest BCUT2D eigenvalue weighted by Gasteiger charge is 1.95. The summed E-state index contributed by atoms with van der Waals surface area (Å²) in [7, 11) is 0. The SMILES string of the molecule is CC.CCCCCOc1ccccc1C. The molecule has 0 radical (unpaired) electrons. The fourth-order valence-electron chi connectivity index (χ4n) is 1.25. The standard InChI is InChI=1S/C12H18O.C2H6/c1-3-4-7-10-13-12-9-6-5-8-11(12)2;1-2/h5-6,8-9H,3-4,7,10H2,1-2H3;1-2H3. The number of unbranched alkanes of at least 4 members (excludes halogenated alkanes) is 2. The molecule has 1 nitrogen and oxygen atoms in total. The summed E-state index contributed by atoms with van der Waals surface area (Å²) < 4.78 is 5.64. The highest BCUT2D eigenvalue weighted by Crippen LogP contribution is 2.16. The van der Waals surface area contributed by atoms with Gasteiger partial charge in [0, 0.05) is 0 Å². The number of aryl methyl sites for hydroxylation is 1. The van der Waals surface area contributed by atoms with Crippen LogP contribution in [0.15, 0.2) is 24.3 Å². The van der Waals surface area contributed by atoms with Crippen LogP contribution in [0.5, 0.6) is 5.75 Å². The minimum absolute atomic E-state index is 0.846. The molecule has 0 aliphatic rings. The van der Waals surface area contributed by atoms with Crippen LogP contribution in [0.1, 0.15) is 45.6 Å². The van der Waals surface area contributed by atoms with E-state index >= 15 is 0 Å². The molecule has 15 heavy (non-hydrogen) atoms. The van der Waals surface area contributed by atoms with Crippen molar-refractivity contribution in [2.45, 2.75) is 47.0 Å². The Morgan fingerprint density at radius 2 is 1.73 bits per heavy atom. The molecule has 0 fully saturated rings. The van der Waals surface area contributed by atoms with Crippen LogP contribution in [-0.2, 0) is 0 Å². The van der Waals surface area contributed by atoms with Crippen LogP contribution in [0.25, 0.3) is 0 Å². The predicted octanol–water partition coefficient (Wildman–Crippen LogP) is 4.59. The second-order valence-electron chi connectivity index (χ2n) is 3.32. The third-order valence-electron chi connectivity index (χ3n) is 2.10. The zero-order valence-electron chi connectivity index (χ0n) is 10.5. The molecule has 0 heterocycles. The molecule has 0 aromatic heterocycles. The molecule has 1 aromatic carbocycles. The van der Waals surface area contributed by atoms with Gasteiger partial charge < -0.3 is 4.74 Å². The maximum absolute atomic E-state index is 5.64. The molecule has 0 bridgehead atoms. The summed E-state index contributed by atoms with van der Waals surface area (Å²) in [6, 6.07) is 8.16. The first kappa shape index (κ1) is 14.0. The fraction of sp³-hybridized carbons (Fsp3) is 0.571. The summed E-state index contributed by atoms with van der Waals surface area (Å²) >= 11 is 0. The predicted molar refractivity (Wildman–Crippen MR) is 67.5 cm³/mol. The number of ether oxygens (including phenoxy) is 1. The van der Waals surface area contributed by atoms with E-state index in [9.17, 15) is 0 Å². The van der Waals surface area contributed by atoms with E-state index in [2.05, 4.69) is 19.9 Å². The highest BCUT2D eigenvalue weighted by atomic mass is 16.5. The van der Waals surface area contributed by atoms with Crippen LogP contribution < -0.4 is 4.74 Å². The molecule has 0 aliphatic heterocycles. The number of hydrogen-bond donors (Lipinski definition) is 0. The monoisotopic (exact) mass is 208 g/mol. The molecular formula is C14H24O. The van der Waals surface area contributed by atoms with Crippen molar-refractivity contribution in [2.75, 3.05) is 6.61 Å². The quantitative estimate of drug-likeness (QED) is 0.643. The number of rotatable bonds is 5. The molecule has 86 valence electrons. The summed E-state index contributed by atoms with van der Waals surface area (Å²) in [4.78, 5) is 0. The zero-order chi connectivity index (χ0) is 11.5. The average molecular weight is 208 g/mol. The molecule has 0 amide bonds. The van der Waals surface area contributed by atoms with Gasteiger partial charge in [0.15, 0.2) is 0 Å². The Labute approximate surface area is 94.5 Å². The largest absolute Gasteiger partial charge is 0.493 e. The second kappa shape index (κ2) is 9.57. The first-order valence-electron chi connectivity index (χ1n) is 6.03. The summed E-state index contributed by atoms with van der Waals surface area (Å²) in [6.45, 7) is 9.13. The zero-order valence-corrected chi connectivity index (χ0v) is 10.5. The Balaban J connectivity index is 0.000000921. The van der Waals surface area contributed by atoms with Gasteiger partial charge in [0.25, 0.3) is 0 Å². The van der Waals surface area contributed by atoms with Gasteiger partial charge >= 0.3 is 0 Å². The van der Waals surface area contributed by atoms with Crippen molar-refractivity contribution in [3.05, 3.63) is 29.8 Å². The molecule has 0 N–H and O–H groups in total. The van der Waals surface area contributed by atoms with E-state index < -0.39 is 0 Å². The third-order valence-corrected chi connectivity index (χ3v) is 2.10. The van der Waals surface area contributed by atoms with Gasteiger partial charge in [-0.25, -0.2) is 0 Å². The van der Waals surface area contributed by atoms with Gasteiger partial charge in [-0.05, 0) is 25.0 Å².